The van der Waals surface area contributed by atoms with Crippen molar-refractivity contribution in [3.63, 3.8) is 0 Å². The van der Waals surface area contributed by atoms with E-state index in [4.69, 9.17) is 38.5 Å². The van der Waals surface area contributed by atoms with Crippen LogP contribution >= 0.6 is 15.6 Å². The van der Waals surface area contributed by atoms with Crippen LogP contribution in [0.1, 0.15) is 0 Å². The summed E-state index contributed by atoms with van der Waals surface area (Å²) in [6, 6.07) is 0. The normalized spacial score (nSPS) is 9.83. The van der Waals surface area contributed by atoms with Crippen LogP contribution in [0.2, 0.25) is 0 Å². The Morgan fingerprint density at radius 1 is 0.667 bits per heavy atom. The van der Waals surface area contributed by atoms with E-state index < -0.39 is 15.6 Å². The summed E-state index contributed by atoms with van der Waals surface area (Å²) in [6.45, 7) is 0. The predicted octanol–water partition coefficient (Wildman–Crippen LogP) is -5.65. The van der Waals surface area contributed by atoms with Gasteiger partial charge in [0.2, 0.25) is 0 Å². The van der Waals surface area contributed by atoms with Crippen LogP contribution in [0.25, 0.3) is 0 Å². The second-order valence-electron chi connectivity index (χ2n) is 0.894. The number of hydrogen-bond acceptors (Lipinski definition) is 8. The second kappa shape index (κ2) is 10.3. The van der Waals surface area contributed by atoms with Crippen LogP contribution in [0.15, 0.2) is 0 Å². The van der Waals surface area contributed by atoms with E-state index in [1.54, 1.807) is 0 Å². The van der Waals surface area contributed by atoms with E-state index in [0.717, 1.165) is 0 Å². The fraction of sp³-hybridized carbons (Fsp3) is 0. The fourth-order valence-corrected chi connectivity index (χ4v) is 0. The van der Waals surface area contributed by atoms with Gasteiger partial charge in [-0.05, 0) is 0 Å². The van der Waals surface area contributed by atoms with Gasteiger partial charge in [-0.3, -0.25) is 0 Å². The standard InChI is InChI=1S/Ce.La.2H3O4P/c;;2*1-5(2,3)4/h;;2*(H3,1,2,3,4)/q2*+3;;/p-6. The molecular weight excluding hydrogens is 469 g/mol. The summed E-state index contributed by atoms with van der Waals surface area (Å²) < 4.78 is 17.1. The molecule has 12 heteroatoms. The molecule has 0 bridgehead atoms. The molecule has 65 valence electrons. The smallest absolute Gasteiger partial charge is 0.822 e. The van der Waals surface area contributed by atoms with Gasteiger partial charge in [0.1, 0.15) is 0 Å². The van der Waals surface area contributed by atoms with Crippen LogP contribution in [-0.4, -0.2) is 0 Å². The van der Waals surface area contributed by atoms with E-state index in [0.29, 0.717) is 0 Å². The van der Waals surface area contributed by atoms with E-state index in [1.807, 2.05) is 0 Å². The van der Waals surface area contributed by atoms with Crippen molar-refractivity contribution in [1.29, 1.82) is 0 Å². The summed E-state index contributed by atoms with van der Waals surface area (Å²) >= 11 is 0. The monoisotopic (exact) mass is 469 g/mol. The molecule has 0 aromatic heterocycles. The first-order valence-corrected chi connectivity index (χ1v) is 4.38. The third-order valence-corrected chi connectivity index (χ3v) is 0. The van der Waals surface area contributed by atoms with Gasteiger partial charge in [0.15, 0.2) is 0 Å². The molecule has 0 aliphatic rings. The van der Waals surface area contributed by atoms with Crippen molar-refractivity contribution < 1.29 is 116 Å². The average molecular weight is 469 g/mol. The molecule has 0 saturated carbocycles. The topological polar surface area (TPSA) is 172 Å². The molecule has 8 nitrogen and oxygen atoms in total. The molecule has 1 radical (unpaired) electrons. The maximum Gasteiger partial charge on any atom is 3.00 e. The minimum atomic E-state index is -5.39. The molecule has 0 spiro atoms. The molecule has 0 aliphatic carbocycles. The van der Waals surface area contributed by atoms with Gasteiger partial charge < -0.3 is 38.5 Å². The third-order valence-electron chi connectivity index (χ3n) is 0. The van der Waals surface area contributed by atoms with Crippen molar-refractivity contribution in [2.24, 2.45) is 0 Å². The van der Waals surface area contributed by atoms with Gasteiger partial charge >= 0.3 is 77.3 Å². The van der Waals surface area contributed by atoms with Gasteiger partial charge in [-0.25, -0.2) is 0 Å². The van der Waals surface area contributed by atoms with Gasteiger partial charge in [-0.1, -0.05) is 0 Å². The van der Waals surface area contributed by atoms with Crippen molar-refractivity contribution in [3.8, 4) is 0 Å². The van der Waals surface area contributed by atoms with Crippen LogP contribution in [0.3, 0.4) is 0 Å². The number of hydrogen-bond donors (Lipinski definition) is 0. The molecule has 0 heterocycles. The van der Waals surface area contributed by atoms with Crippen molar-refractivity contribution in [3.05, 3.63) is 0 Å². The molecule has 0 rings (SSSR count). The SMILES string of the molecule is O=P([O-])([O-])[O-].O=P([O-])([O-])[O-].[Ce+3].[La+3]. The van der Waals surface area contributed by atoms with Crippen LogP contribution < -0.4 is 29.4 Å². The first-order chi connectivity index (χ1) is 4.00. The molecule has 0 aromatic carbocycles. The maximum absolute atomic E-state index is 8.55. The van der Waals surface area contributed by atoms with E-state index in [1.165, 1.54) is 0 Å². The summed E-state index contributed by atoms with van der Waals surface area (Å²) in [5.74, 6) is 0. The van der Waals surface area contributed by atoms with Gasteiger partial charge in [0.25, 0.3) is 0 Å². The van der Waals surface area contributed by atoms with E-state index in [9.17, 15) is 0 Å². The molecule has 0 aliphatic heterocycles. The second-order valence-corrected chi connectivity index (χ2v) is 2.68. The fourth-order valence-electron chi connectivity index (χ4n) is 0. The molecule has 0 aromatic rings. The zero-order chi connectivity index (χ0) is 9.00. The summed E-state index contributed by atoms with van der Waals surface area (Å²) in [5.41, 5.74) is 0. The Balaban J connectivity index is -0.0000000457. The molecular formula is CeLaO8P2. The third kappa shape index (κ3) is 228. The molecule has 0 amide bonds. The summed E-state index contributed by atoms with van der Waals surface area (Å²) in [5, 5.41) is 0. The van der Waals surface area contributed by atoms with Gasteiger partial charge in [-0.15, -0.1) is 0 Å². The van der Waals surface area contributed by atoms with Crippen molar-refractivity contribution in [2.75, 3.05) is 0 Å². The first-order valence-electron chi connectivity index (χ1n) is 1.46. The average Bonchev–Trinajstić information content (AvgIpc) is 1.12. The quantitative estimate of drug-likeness (QED) is 0.316. The molecule has 0 fully saturated rings. The van der Waals surface area contributed by atoms with E-state index in [2.05, 4.69) is 0 Å². The zero-order valence-corrected chi connectivity index (χ0v) is 13.8. The van der Waals surface area contributed by atoms with Gasteiger partial charge in [0.05, 0.1) is 0 Å². The Bertz CT molecular complexity index is 129. The molecule has 12 heavy (non-hydrogen) atoms. The Hall–Kier alpha value is 2.79. The van der Waals surface area contributed by atoms with Gasteiger partial charge in [-0.2, -0.15) is 15.6 Å². The Labute approximate surface area is 129 Å². The largest absolute Gasteiger partial charge is 3.00 e. The molecule has 0 N–H and O–H groups in total. The Morgan fingerprint density at radius 3 is 0.667 bits per heavy atom. The molecule has 0 saturated heterocycles. The predicted molar refractivity (Wildman–Crippen MR) is 15.2 cm³/mol. The number of phosphoric acid groups is 2. The molecule has 0 atom stereocenters. The Morgan fingerprint density at radius 2 is 0.667 bits per heavy atom. The van der Waals surface area contributed by atoms with Crippen LogP contribution in [-0.2, 0) is 9.13 Å². The van der Waals surface area contributed by atoms with Crippen LogP contribution in [0, 0.1) is 77.3 Å². The van der Waals surface area contributed by atoms with Gasteiger partial charge in [0, 0.05) is 0 Å². The van der Waals surface area contributed by atoms with Crippen molar-refractivity contribution >= 4 is 15.6 Å². The minimum absolute atomic E-state index is 0. The summed E-state index contributed by atoms with van der Waals surface area (Å²) in [6.07, 6.45) is 0. The molecule has 0 unspecified atom stereocenters. The maximum atomic E-state index is 8.55. The van der Waals surface area contributed by atoms with E-state index in [-0.39, 0.29) is 77.3 Å². The summed E-state index contributed by atoms with van der Waals surface area (Å²) in [7, 11) is -10.8. The first kappa shape index (κ1) is 24.2. The number of rotatable bonds is 0. The van der Waals surface area contributed by atoms with Crippen LogP contribution in [0.5, 0.6) is 0 Å². The van der Waals surface area contributed by atoms with Crippen LogP contribution in [0.4, 0.5) is 0 Å². The van der Waals surface area contributed by atoms with Crippen molar-refractivity contribution in [1.82, 2.24) is 0 Å². The van der Waals surface area contributed by atoms with E-state index >= 15 is 0 Å². The zero-order valence-electron chi connectivity index (χ0n) is 5.24. The summed E-state index contributed by atoms with van der Waals surface area (Å²) in [4.78, 5) is 51.3. The Kier molecular flexibility index (Phi) is 20.8. The minimum Gasteiger partial charge on any atom is -0.822 e. The van der Waals surface area contributed by atoms with Crippen molar-refractivity contribution in [2.45, 2.75) is 0 Å².